The first-order valence-electron chi connectivity index (χ1n) is 6.40. The summed E-state index contributed by atoms with van der Waals surface area (Å²) in [6.07, 6.45) is 1.75. The van der Waals surface area contributed by atoms with Crippen LogP contribution in [0.5, 0.6) is 5.75 Å². The van der Waals surface area contributed by atoms with Crippen molar-refractivity contribution in [2.45, 2.75) is 12.8 Å². The van der Waals surface area contributed by atoms with Gasteiger partial charge < -0.3 is 19.9 Å². The second kappa shape index (κ2) is 10.3. The number of unbranched alkanes of at least 4 members (excludes halogenated alkanes) is 1. The molecule has 0 heterocycles. The summed E-state index contributed by atoms with van der Waals surface area (Å²) >= 11 is 0. The number of ether oxygens (including phenoxy) is 3. The van der Waals surface area contributed by atoms with Crippen LogP contribution < -0.4 is 10.5 Å². The monoisotopic (exact) mass is 267 g/mol. The second-order valence-corrected chi connectivity index (χ2v) is 4.00. The minimum atomic E-state index is -0.436. The highest BCUT2D eigenvalue weighted by atomic mass is 16.5. The van der Waals surface area contributed by atoms with Crippen molar-refractivity contribution in [3.8, 4) is 5.75 Å². The van der Waals surface area contributed by atoms with E-state index in [9.17, 15) is 4.79 Å². The van der Waals surface area contributed by atoms with Gasteiger partial charge in [0.2, 0.25) is 5.91 Å². The molecule has 0 bridgehead atoms. The Morgan fingerprint density at radius 2 is 1.63 bits per heavy atom. The van der Waals surface area contributed by atoms with Crippen LogP contribution in [0.4, 0.5) is 0 Å². The Kier molecular flexibility index (Phi) is 8.42. The number of benzene rings is 1. The number of nitrogens with two attached hydrogens (primary N) is 1. The van der Waals surface area contributed by atoms with Crippen LogP contribution in [-0.2, 0) is 14.3 Å². The third kappa shape index (κ3) is 9.04. The summed E-state index contributed by atoms with van der Waals surface area (Å²) in [5, 5.41) is 0. The highest BCUT2D eigenvalue weighted by Gasteiger charge is 1.95. The average Bonchev–Trinajstić information content (AvgIpc) is 2.42. The normalized spacial score (nSPS) is 10.3. The molecule has 0 saturated carbocycles. The molecule has 19 heavy (non-hydrogen) atoms. The minimum Gasteiger partial charge on any atom is -0.491 e. The van der Waals surface area contributed by atoms with Gasteiger partial charge in [0, 0.05) is 13.2 Å². The van der Waals surface area contributed by atoms with Gasteiger partial charge in [-0.25, -0.2) is 0 Å². The van der Waals surface area contributed by atoms with Crippen LogP contribution in [0.15, 0.2) is 30.3 Å². The summed E-state index contributed by atoms with van der Waals surface area (Å²) in [6, 6.07) is 9.64. The molecule has 0 fully saturated rings. The van der Waals surface area contributed by atoms with Crippen LogP contribution in [0.25, 0.3) is 0 Å². The lowest BCUT2D eigenvalue weighted by atomic mass is 10.3. The van der Waals surface area contributed by atoms with Crippen LogP contribution in [0, 0.1) is 0 Å². The van der Waals surface area contributed by atoms with Crippen molar-refractivity contribution >= 4 is 5.91 Å². The molecule has 0 aliphatic rings. The van der Waals surface area contributed by atoms with Gasteiger partial charge in [-0.15, -0.1) is 0 Å². The Balaban J connectivity index is 1.83. The van der Waals surface area contributed by atoms with Crippen molar-refractivity contribution in [1.82, 2.24) is 0 Å². The Labute approximate surface area is 113 Å². The summed E-state index contributed by atoms with van der Waals surface area (Å²) in [4.78, 5) is 10.4. The predicted octanol–water partition coefficient (Wildman–Crippen LogP) is 1.36. The molecule has 1 aromatic carbocycles. The van der Waals surface area contributed by atoms with E-state index in [-0.39, 0.29) is 6.61 Å². The van der Waals surface area contributed by atoms with E-state index in [1.165, 1.54) is 0 Å². The molecule has 0 atom stereocenters. The highest BCUT2D eigenvalue weighted by molar-refractivity contribution is 5.74. The summed E-state index contributed by atoms with van der Waals surface area (Å²) < 4.78 is 15.9. The van der Waals surface area contributed by atoms with Crippen molar-refractivity contribution in [3.63, 3.8) is 0 Å². The fourth-order valence-electron chi connectivity index (χ4n) is 1.42. The fourth-order valence-corrected chi connectivity index (χ4v) is 1.42. The van der Waals surface area contributed by atoms with E-state index in [1.807, 2.05) is 30.3 Å². The van der Waals surface area contributed by atoms with Gasteiger partial charge in [-0.05, 0) is 25.0 Å². The first kappa shape index (κ1) is 15.5. The predicted molar refractivity (Wildman–Crippen MR) is 72.0 cm³/mol. The lowest BCUT2D eigenvalue weighted by Crippen LogP contribution is -2.18. The molecule has 1 aromatic rings. The van der Waals surface area contributed by atoms with Gasteiger partial charge in [-0.2, -0.15) is 0 Å². The molecule has 1 amide bonds. The van der Waals surface area contributed by atoms with Crippen molar-refractivity contribution in [2.75, 3.05) is 33.0 Å². The second-order valence-electron chi connectivity index (χ2n) is 4.00. The first-order valence-corrected chi connectivity index (χ1v) is 6.40. The largest absolute Gasteiger partial charge is 0.491 e. The van der Waals surface area contributed by atoms with E-state index in [4.69, 9.17) is 19.9 Å². The van der Waals surface area contributed by atoms with Crippen LogP contribution in [0.3, 0.4) is 0 Å². The number of hydrogen-bond donors (Lipinski definition) is 1. The maximum Gasteiger partial charge on any atom is 0.243 e. The van der Waals surface area contributed by atoms with Crippen LogP contribution in [0.1, 0.15) is 12.8 Å². The zero-order valence-electron chi connectivity index (χ0n) is 11.0. The molecule has 0 aliphatic heterocycles. The lowest BCUT2D eigenvalue weighted by molar-refractivity contribution is -0.122. The molecule has 5 nitrogen and oxygen atoms in total. The molecule has 5 heteroatoms. The maximum absolute atomic E-state index is 10.4. The third-order valence-electron chi connectivity index (χ3n) is 2.31. The number of primary amides is 1. The topological polar surface area (TPSA) is 70.8 Å². The molecular weight excluding hydrogens is 246 g/mol. The molecular formula is C14H21NO4. The Morgan fingerprint density at radius 3 is 2.32 bits per heavy atom. The first-order chi connectivity index (χ1) is 9.29. The van der Waals surface area contributed by atoms with E-state index >= 15 is 0 Å². The van der Waals surface area contributed by atoms with Crippen molar-refractivity contribution in [1.29, 1.82) is 0 Å². The van der Waals surface area contributed by atoms with E-state index < -0.39 is 5.91 Å². The number of amides is 1. The van der Waals surface area contributed by atoms with Gasteiger partial charge >= 0.3 is 0 Å². The Bertz CT molecular complexity index is 343. The number of carbonyl (C=O) groups excluding carboxylic acids is 1. The van der Waals surface area contributed by atoms with E-state index in [0.29, 0.717) is 26.4 Å². The molecule has 106 valence electrons. The lowest BCUT2D eigenvalue weighted by Gasteiger charge is -2.07. The zero-order chi connectivity index (χ0) is 13.8. The Morgan fingerprint density at radius 1 is 0.947 bits per heavy atom. The molecule has 0 spiro atoms. The SMILES string of the molecule is NC(=O)COCCCCOCCOc1ccccc1. The third-order valence-corrected chi connectivity index (χ3v) is 2.31. The van der Waals surface area contributed by atoms with E-state index in [2.05, 4.69) is 0 Å². The van der Waals surface area contributed by atoms with Gasteiger partial charge in [-0.1, -0.05) is 18.2 Å². The average molecular weight is 267 g/mol. The van der Waals surface area contributed by atoms with Crippen molar-refractivity contribution in [2.24, 2.45) is 5.73 Å². The van der Waals surface area contributed by atoms with Gasteiger partial charge in [0.1, 0.15) is 19.0 Å². The Hall–Kier alpha value is -1.59. The molecule has 0 aliphatic carbocycles. The minimum absolute atomic E-state index is 0.00816. The van der Waals surface area contributed by atoms with Crippen LogP contribution in [-0.4, -0.2) is 38.9 Å². The van der Waals surface area contributed by atoms with Gasteiger partial charge in [-0.3, -0.25) is 4.79 Å². The maximum atomic E-state index is 10.4. The number of para-hydroxylation sites is 1. The summed E-state index contributed by atoms with van der Waals surface area (Å²) in [7, 11) is 0. The molecule has 2 N–H and O–H groups in total. The van der Waals surface area contributed by atoms with Crippen LogP contribution >= 0.6 is 0 Å². The standard InChI is InChI=1S/C14H21NO4/c15-14(16)12-18-9-5-4-8-17-10-11-19-13-6-2-1-3-7-13/h1-3,6-7H,4-5,8-12H2,(H2,15,16). The van der Waals surface area contributed by atoms with Gasteiger partial charge in [0.05, 0.1) is 6.61 Å². The number of rotatable bonds is 11. The molecule has 0 unspecified atom stereocenters. The fraction of sp³-hybridized carbons (Fsp3) is 0.500. The van der Waals surface area contributed by atoms with Crippen molar-refractivity contribution < 1.29 is 19.0 Å². The van der Waals surface area contributed by atoms with Crippen LogP contribution in [0.2, 0.25) is 0 Å². The highest BCUT2D eigenvalue weighted by Crippen LogP contribution is 2.07. The summed E-state index contributed by atoms with van der Waals surface area (Å²) in [5.74, 6) is 0.417. The quantitative estimate of drug-likeness (QED) is 0.615. The number of hydrogen-bond acceptors (Lipinski definition) is 4. The number of carbonyl (C=O) groups is 1. The molecule has 0 radical (unpaired) electrons. The van der Waals surface area contributed by atoms with E-state index in [1.54, 1.807) is 0 Å². The van der Waals surface area contributed by atoms with Gasteiger partial charge in [0.15, 0.2) is 0 Å². The summed E-state index contributed by atoms with van der Waals surface area (Å²) in [5.41, 5.74) is 4.93. The molecule has 1 rings (SSSR count). The smallest absolute Gasteiger partial charge is 0.243 e. The zero-order valence-corrected chi connectivity index (χ0v) is 11.0. The molecule has 0 saturated heterocycles. The molecule has 0 aromatic heterocycles. The summed E-state index contributed by atoms with van der Waals surface area (Å²) in [6.45, 7) is 2.30. The van der Waals surface area contributed by atoms with E-state index in [0.717, 1.165) is 18.6 Å². The van der Waals surface area contributed by atoms with Crippen molar-refractivity contribution in [3.05, 3.63) is 30.3 Å². The van der Waals surface area contributed by atoms with Gasteiger partial charge in [0.25, 0.3) is 0 Å².